The third kappa shape index (κ3) is 4.73. The van der Waals surface area contributed by atoms with Gasteiger partial charge in [0, 0.05) is 24.0 Å². The highest BCUT2D eigenvalue weighted by Gasteiger charge is 2.29. The van der Waals surface area contributed by atoms with E-state index in [1.807, 2.05) is 6.07 Å². The molecule has 1 unspecified atom stereocenters. The molecule has 0 spiro atoms. The summed E-state index contributed by atoms with van der Waals surface area (Å²) in [6, 6.07) is 8.93. The van der Waals surface area contributed by atoms with Crippen LogP contribution in [0.4, 0.5) is 5.69 Å². The third-order valence-electron chi connectivity index (χ3n) is 5.75. The monoisotopic (exact) mass is 467 g/mol. The van der Waals surface area contributed by atoms with E-state index in [4.69, 9.17) is 11.6 Å². The first kappa shape index (κ1) is 21.8. The van der Waals surface area contributed by atoms with Gasteiger partial charge in [0.25, 0.3) is 0 Å². The lowest BCUT2D eigenvalue weighted by Gasteiger charge is -2.26. The summed E-state index contributed by atoms with van der Waals surface area (Å²) in [5.74, 6) is -0.187. The molecule has 2 saturated heterocycles. The number of carbonyl (C=O) groups is 1. The van der Waals surface area contributed by atoms with Crippen LogP contribution in [0.2, 0.25) is 5.02 Å². The van der Waals surface area contributed by atoms with Crippen molar-refractivity contribution in [1.82, 2.24) is 9.21 Å². The maximum atomic E-state index is 13.0. The normalized spacial score (nSPS) is 21.0. The zero-order chi connectivity index (χ0) is 21.1. The van der Waals surface area contributed by atoms with Crippen LogP contribution in [0.3, 0.4) is 0 Å². The Balaban J connectivity index is 1.46. The zero-order valence-corrected chi connectivity index (χ0v) is 19.1. The van der Waals surface area contributed by atoms with E-state index in [0.29, 0.717) is 23.8 Å². The van der Waals surface area contributed by atoms with E-state index in [1.54, 1.807) is 11.3 Å². The predicted octanol–water partition coefficient (Wildman–Crippen LogP) is 4.35. The van der Waals surface area contributed by atoms with E-state index in [0.717, 1.165) is 38.6 Å². The van der Waals surface area contributed by atoms with Crippen molar-refractivity contribution in [3.05, 3.63) is 45.6 Å². The molecule has 30 heavy (non-hydrogen) atoms. The van der Waals surface area contributed by atoms with E-state index < -0.39 is 10.0 Å². The number of anilines is 1. The molecular formula is C21H26ClN3O3S2. The summed E-state index contributed by atoms with van der Waals surface area (Å²) < 4.78 is 27.4. The first-order valence-corrected chi connectivity index (χ1v) is 13.0. The Morgan fingerprint density at radius 3 is 2.67 bits per heavy atom. The molecule has 1 amide bonds. The fourth-order valence-electron chi connectivity index (χ4n) is 4.21. The lowest BCUT2D eigenvalue weighted by molar-refractivity contribution is -0.117. The number of hydrogen-bond acceptors (Lipinski definition) is 5. The molecule has 6 nitrogen and oxygen atoms in total. The quantitative estimate of drug-likeness (QED) is 0.685. The molecule has 0 saturated carbocycles. The fraction of sp³-hybridized carbons (Fsp3) is 0.476. The molecule has 2 aliphatic heterocycles. The summed E-state index contributed by atoms with van der Waals surface area (Å²) in [6.07, 6.45) is 4.89. The van der Waals surface area contributed by atoms with E-state index in [9.17, 15) is 13.2 Å². The first-order chi connectivity index (χ1) is 14.4. The number of halogens is 1. The van der Waals surface area contributed by atoms with Crippen LogP contribution in [0.1, 0.15) is 43.0 Å². The Morgan fingerprint density at radius 2 is 1.93 bits per heavy atom. The highest BCUT2D eigenvalue weighted by Crippen LogP contribution is 2.34. The average Bonchev–Trinajstić information content (AvgIpc) is 3.42. The molecule has 162 valence electrons. The van der Waals surface area contributed by atoms with Gasteiger partial charge in [0.15, 0.2) is 0 Å². The van der Waals surface area contributed by atoms with Crippen LogP contribution in [-0.4, -0.2) is 49.7 Å². The third-order valence-corrected chi connectivity index (χ3v) is 8.94. The maximum Gasteiger partial charge on any atom is 0.243 e. The van der Waals surface area contributed by atoms with Gasteiger partial charge in [-0.3, -0.25) is 9.69 Å². The van der Waals surface area contributed by atoms with Crippen LogP contribution in [0.25, 0.3) is 0 Å². The lowest BCUT2D eigenvalue weighted by Crippen LogP contribution is -2.35. The average molecular weight is 468 g/mol. The SMILES string of the molecule is O=C(CN1CCCC1c1cccs1)Nc1cc(S(=O)(=O)N2CCCCC2)ccc1Cl. The molecule has 0 radical (unpaired) electrons. The van der Waals surface area contributed by atoms with Crippen LogP contribution in [0.15, 0.2) is 40.6 Å². The van der Waals surface area contributed by atoms with E-state index >= 15 is 0 Å². The van der Waals surface area contributed by atoms with Crippen molar-refractivity contribution in [2.75, 3.05) is 31.5 Å². The number of amides is 1. The van der Waals surface area contributed by atoms with Gasteiger partial charge in [-0.25, -0.2) is 8.42 Å². The summed E-state index contributed by atoms with van der Waals surface area (Å²) in [6.45, 7) is 2.19. The van der Waals surface area contributed by atoms with Gasteiger partial charge in [0.2, 0.25) is 15.9 Å². The minimum atomic E-state index is -3.58. The molecule has 2 aromatic rings. The zero-order valence-electron chi connectivity index (χ0n) is 16.7. The van der Waals surface area contributed by atoms with E-state index in [2.05, 4.69) is 21.7 Å². The smallest absolute Gasteiger partial charge is 0.243 e. The largest absolute Gasteiger partial charge is 0.324 e. The van der Waals surface area contributed by atoms with Crippen LogP contribution in [0.5, 0.6) is 0 Å². The molecule has 9 heteroatoms. The van der Waals surface area contributed by atoms with Gasteiger partial charge in [0.1, 0.15) is 0 Å². The number of benzene rings is 1. The lowest BCUT2D eigenvalue weighted by atomic mass is 10.2. The Hall–Kier alpha value is -1.45. The Morgan fingerprint density at radius 1 is 1.13 bits per heavy atom. The van der Waals surface area contributed by atoms with Gasteiger partial charge in [-0.15, -0.1) is 11.3 Å². The number of carbonyl (C=O) groups excluding carboxylic acids is 1. The molecule has 2 fully saturated rings. The van der Waals surface area contributed by atoms with Crippen molar-refractivity contribution in [2.24, 2.45) is 0 Å². The maximum absolute atomic E-state index is 13.0. The fourth-order valence-corrected chi connectivity index (χ4v) is 6.81. The molecule has 1 N–H and O–H groups in total. The molecule has 0 aliphatic carbocycles. The molecule has 3 heterocycles. The second kappa shape index (κ2) is 9.36. The van der Waals surface area contributed by atoms with Gasteiger partial charge in [0.05, 0.1) is 22.2 Å². The molecule has 2 aliphatic rings. The molecule has 1 aromatic heterocycles. The molecule has 1 aromatic carbocycles. The van der Waals surface area contributed by atoms with Gasteiger partial charge in [-0.1, -0.05) is 24.1 Å². The van der Waals surface area contributed by atoms with Crippen molar-refractivity contribution >= 4 is 44.6 Å². The number of nitrogens with one attached hydrogen (secondary N) is 1. The number of thiophene rings is 1. The number of rotatable bonds is 6. The van der Waals surface area contributed by atoms with Crippen LogP contribution in [0, 0.1) is 0 Å². The summed E-state index contributed by atoms with van der Waals surface area (Å²) >= 11 is 7.98. The van der Waals surface area contributed by atoms with Crippen molar-refractivity contribution in [3.63, 3.8) is 0 Å². The van der Waals surface area contributed by atoms with Crippen molar-refractivity contribution in [2.45, 2.75) is 43.0 Å². The number of sulfonamides is 1. The van der Waals surface area contributed by atoms with Gasteiger partial charge in [-0.2, -0.15) is 4.31 Å². The molecule has 1 atom stereocenters. The van der Waals surface area contributed by atoms with Crippen molar-refractivity contribution in [3.8, 4) is 0 Å². The predicted molar refractivity (Wildman–Crippen MR) is 121 cm³/mol. The Kier molecular flexibility index (Phi) is 6.79. The number of piperidine rings is 1. The van der Waals surface area contributed by atoms with Gasteiger partial charge in [-0.05, 0) is 61.9 Å². The Labute approximate surface area is 186 Å². The number of hydrogen-bond donors (Lipinski definition) is 1. The summed E-state index contributed by atoms with van der Waals surface area (Å²) in [5, 5.41) is 5.21. The molecular weight excluding hydrogens is 442 g/mol. The van der Waals surface area contributed by atoms with Crippen LogP contribution >= 0.6 is 22.9 Å². The van der Waals surface area contributed by atoms with Crippen molar-refractivity contribution in [1.29, 1.82) is 0 Å². The second-order valence-corrected chi connectivity index (χ2v) is 11.1. The topological polar surface area (TPSA) is 69.7 Å². The minimum absolute atomic E-state index is 0.168. The van der Waals surface area contributed by atoms with E-state index in [-0.39, 0.29) is 23.4 Å². The van der Waals surface area contributed by atoms with E-state index in [1.165, 1.54) is 27.4 Å². The Bertz CT molecular complexity index is 989. The van der Waals surface area contributed by atoms with Gasteiger partial charge >= 0.3 is 0 Å². The van der Waals surface area contributed by atoms with Crippen LogP contribution < -0.4 is 5.32 Å². The van der Waals surface area contributed by atoms with Gasteiger partial charge < -0.3 is 5.32 Å². The number of likely N-dealkylation sites (tertiary alicyclic amines) is 1. The highest BCUT2D eigenvalue weighted by molar-refractivity contribution is 7.89. The summed E-state index contributed by atoms with van der Waals surface area (Å²) in [7, 11) is -3.58. The minimum Gasteiger partial charge on any atom is -0.324 e. The molecule has 0 bridgehead atoms. The standard InChI is InChI=1S/C21H26ClN3O3S2/c22-17-9-8-16(30(27,28)25-11-2-1-3-12-25)14-18(17)23-21(26)15-24-10-4-6-19(24)20-7-5-13-29-20/h5,7-9,13-14,19H,1-4,6,10-12,15H2,(H,23,26). The highest BCUT2D eigenvalue weighted by atomic mass is 35.5. The molecule has 4 rings (SSSR count). The van der Waals surface area contributed by atoms with Crippen LogP contribution in [-0.2, 0) is 14.8 Å². The van der Waals surface area contributed by atoms with Crippen molar-refractivity contribution < 1.29 is 13.2 Å². The summed E-state index contributed by atoms with van der Waals surface area (Å²) in [4.78, 5) is 16.3. The first-order valence-electron chi connectivity index (χ1n) is 10.3. The summed E-state index contributed by atoms with van der Waals surface area (Å²) in [5.41, 5.74) is 0.339. The number of nitrogens with zero attached hydrogens (tertiary/aromatic N) is 2. The second-order valence-electron chi connectivity index (χ2n) is 7.80.